The van der Waals surface area contributed by atoms with Crippen LogP contribution in [0.3, 0.4) is 0 Å². The lowest BCUT2D eigenvalue weighted by molar-refractivity contribution is 0.252. The zero-order valence-electron chi connectivity index (χ0n) is 11.8. The van der Waals surface area contributed by atoms with E-state index in [0.29, 0.717) is 6.04 Å². The first-order chi connectivity index (χ1) is 9.88. The number of fused-ring (bicyclic) bond motifs is 3. The molecule has 0 saturated carbocycles. The molecule has 2 aliphatic rings. The summed E-state index contributed by atoms with van der Waals surface area (Å²) < 4.78 is 0. The zero-order valence-corrected chi connectivity index (χ0v) is 11.8. The van der Waals surface area contributed by atoms with E-state index in [-0.39, 0.29) is 0 Å². The predicted octanol–water partition coefficient (Wildman–Crippen LogP) is 2.56. The van der Waals surface area contributed by atoms with E-state index < -0.39 is 0 Å². The van der Waals surface area contributed by atoms with Gasteiger partial charge in [0.05, 0.1) is 5.52 Å². The maximum atomic E-state index is 4.46. The lowest BCUT2D eigenvalue weighted by Gasteiger charge is -2.24. The van der Waals surface area contributed by atoms with Gasteiger partial charge in [-0.25, -0.2) is 0 Å². The highest BCUT2D eigenvalue weighted by molar-refractivity contribution is 5.81. The van der Waals surface area contributed by atoms with Crippen LogP contribution in [0.25, 0.3) is 10.9 Å². The van der Waals surface area contributed by atoms with Crippen LogP contribution < -0.4 is 5.32 Å². The Hall–Kier alpha value is -1.45. The van der Waals surface area contributed by atoms with Gasteiger partial charge in [0.15, 0.2) is 0 Å². The van der Waals surface area contributed by atoms with Gasteiger partial charge in [0.25, 0.3) is 0 Å². The molecule has 0 amide bonds. The number of nitrogens with one attached hydrogen (secondary N) is 1. The molecule has 2 atom stereocenters. The Morgan fingerprint density at radius 2 is 2.00 bits per heavy atom. The van der Waals surface area contributed by atoms with Crippen LogP contribution >= 0.6 is 0 Å². The molecule has 2 aromatic rings. The normalized spacial score (nSPS) is 26.8. The third-order valence-corrected chi connectivity index (χ3v) is 4.74. The summed E-state index contributed by atoms with van der Waals surface area (Å²) in [5.74, 6) is 0. The second-order valence-electron chi connectivity index (χ2n) is 6.15. The summed E-state index contributed by atoms with van der Waals surface area (Å²) in [6.07, 6.45) is 5.95. The lowest BCUT2D eigenvalue weighted by Crippen LogP contribution is -2.35. The summed E-state index contributed by atoms with van der Waals surface area (Å²) in [4.78, 5) is 7.07. The van der Waals surface area contributed by atoms with Crippen LogP contribution in [0.5, 0.6) is 0 Å². The molecule has 2 aliphatic heterocycles. The van der Waals surface area contributed by atoms with Crippen LogP contribution in [0.15, 0.2) is 36.5 Å². The third-order valence-electron chi connectivity index (χ3n) is 4.74. The second kappa shape index (κ2) is 5.15. The number of aromatic nitrogens is 1. The van der Waals surface area contributed by atoms with E-state index in [9.17, 15) is 0 Å². The first-order valence-corrected chi connectivity index (χ1v) is 7.69. The smallest absolute Gasteiger partial charge is 0.0705 e. The first kappa shape index (κ1) is 12.3. The summed E-state index contributed by atoms with van der Waals surface area (Å²) in [6.45, 7) is 3.45. The van der Waals surface area contributed by atoms with Crippen LogP contribution in [0.4, 0.5) is 0 Å². The van der Waals surface area contributed by atoms with Crippen molar-refractivity contribution in [1.82, 2.24) is 15.2 Å². The van der Waals surface area contributed by atoms with Crippen molar-refractivity contribution in [3.05, 3.63) is 42.1 Å². The quantitative estimate of drug-likeness (QED) is 0.906. The Bertz CT molecular complexity index is 605. The minimum absolute atomic E-state index is 0.704. The van der Waals surface area contributed by atoms with Crippen molar-refractivity contribution in [1.29, 1.82) is 0 Å². The highest BCUT2D eigenvalue weighted by Gasteiger charge is 2.29. The van der Waals surface area contributed by atoms with E-state index in [1.807, 2.05) is 6.20 Å². The number of rotatable bonds is 2. The molecule has 0 spiro atoms. The molecule has 2 saturated heterocycles. The first-order valence-electron chi connectivity index (χ1n) is 7.69. The third kappa shape index (κ3) is 2.32. The molecule has 2 fully saturated rings. The average molecular weight is 267 g/mol. The Labute approximate surface area is 120 Å². The summed E-state index contributed by atoms with van der Waals surface area (Å²) in [5.41, 5.74) is 2.52. The topological polar surface area (TPSA) is 28.2 Å². The maximum absolute atomic E-state index is 4.46. The van der Waals surface area contributed by atoms with Gasteiger partial charge in [0.1, 0.15) is 0 Å². The molecule has 0 radical (unpaired) electrons. The summed E-state index contributed by atoms with van der Waals surface area (Å²) in [7, 11) is 0. The van der Waals surface area contributed by atoms with Crippen LogP contribution in [-0.4, -0.2) is 35.1 Å². The number of hydrogen-bond acceptors (Lipinski definition) is 3. The van der Waals surface area contributed by atoms with Crippen LogP contribution in [0, 0.1) is 0 Å². The molecule has 3 heterocycles. The van der Waals surface area contributed by atoms with Crippen LogP contribution in [-0.2, 0) is 6.54 Å². The maximum Gasteiger partial charge on any atom is 0.0705 e. The summed E-state index contributed by atoms with van der Waals surface area (Å²) in [6, 6.07) is 12.1. The molecule has 2 bridgehead atoms. The van der Waals surface area contributed by atoms with Crippen molar-refractivity contribution in [2.75, 3.05) is 13.1 Å². The van der Waals surface area contributed by atoms with Crippen molar-refractivity contribution < 1.29 is 0 Å². The van der Waals surface area contributed by atoms with E-state index in [4.69, 9.17) is 0 Å². The molecular weight excluding hydrogens is 246 g/mol. The van der Waals surface area contributed by atoms with Gasteiger partial charge in [-0.15, -0.1) is 0 Å². The summed E-state index contributed by atoms with van der Waals surface area (Å²) in [5, 5.41) is 5.05. The van der Waals surface area contributed by atoms with E-state index in [2.05, 4.69) is 45.5 Å². The van der Waals surface area contributed by atoms with E-state index in [1.54, 1.807) is 0 Å². The van der Waals surface area contributed by atoms with E-state index in [1.165, 1.54) is 43.3 Å². The van der Waals surface area contributed by atoms with Crippen molar-refractivity contribution in [2.24, 2.45) is 0 Å². The number of hydrogen-bond donors (Lipinski definition) is 1. The Balaban J connectivity index is 1.58. The van der Waals surface area contributed by atoms with Gasteiger partial charge < -0.3 is 5.32 Å². The molecule has 104 valence electrons. The lowest BCUT2D eigenvalue weighted by atomic mass is 10.1. The van der Waals surface area contributed by atoms with Gasteiger partial charge in [-0.05, 0) is 37.0 Å². The van der Waals surface area contributed by atoms with Gasteiger partial charge in [0, 0.05) is 43.3 Å². The van der Waals surface area contributed by atoms with Crippen LogP contribution in [0.1, 0.15) is 24.8 Å². The number of pyridine rings is 1. The molecule has 1 N–H and O–H groups in total. The van der Waals surface area contributed by atoms with E-state index in [0.717, 1.165) is 18.1 Å². The van der Waals surface area contributed by atoms with Gasteiger partial charge >= 0.3 is 0 Å². The predicted molar refractivity (Wildman–Crippen MR) is 81.6 cm³/mol. The average Bonchev–Trinajstić information content (AvgIpc) is 2.82. The summed E-state index contributed by atoms with van der Waals surface area (Å²) >= 11 is 0. The molecule has 3 nitrogen and oxygen atoms in total. The largest absolute Gasteiger partial charge is 0.310 e. The molecular formula is C17H21N3. The number of likely N-dealkylation sites (tertiary alicyclic amines) is 1. The Morgan fingerprint density at radius 3 is 3.00 bits per heavy atom. The molecule has 2 unspecified atom stereocenters. The van der Waals surface area contributed by atoms with Crippen molar-refractivity contribution >= 4 is 10.9 Å². The number of nitrogens with zero attached hydrogens (tertiary/aromatic N) is 2. The Kier molecular flexibility index (Phi) is 3.17. The molecule has 1 aromatic carbocycles. The fourth-order valence-corrected chi connectivity index (χ4v) is 3.69. The highest BCUT2D eigenvalue weighted by atomic mass is 15.2. The molecule has 1 aromatic heterocycles. The number of para-hydroxylation sites is 1. The molecule has 0 aliphatic carbocycles. The van der Waals surface area contributed by atoms with Crippen molar-refractivity contribution in [2.45, 2.75) is 37.9 Å². The monoisotopic (exact) mass is 267 g/mol. The van der Waals surface area contributed by atoms with Gasteiger partial charge in [-0.3, -0.25) is 9.88 Å². The SMILES string of the molecule is c1ccc2c(CN3CCC4CCC(C3)N4)ccnc2c1. The zero-order chi connectivity index (χ0) is 13.4. The van der Waals surface area contributed by atoms with Gasteiger partial charge in [-0.2, -0.15) is 0 Å². The fourth-order valence-electron chi connectivity index (χ4n) is 3.69. The minimum atomic E-state index is 0.704. The van der Waals surface area contributed by atoms with Crippen molar-refractivity contribution in [3.8, 4) is 0 Å². The molecule has 3 heteroatoms. The van der Waals surface area contributed by atoms with Gasteiger partial charge in [-0.1, -0.05) is 18.2 Å². The highest BCUT2D eigenvalue weighted by Crippen LogP contribution is 2.23. The molecule has 20 heavy (non-hydrogen) atoms. The standard InChI is InChI=1S/C17H21N3/c1-2-4-17-16(3-1)13(7-9-18-17)11-20-10-8-14-5-6-15(12-20)19-14/h1-4,7,9,14-15,19H,5-6,8,10-12H2. The van der Waals surface area contributed by atoms with Crippen LogP contribution in [0.2, 0.25) is 0 Å². The minimum Gasteiger partial charge on any atom is -0.310 e. The van der Waals surface area contributed by atoms with Gasteiger partial charge in [0.2, 0.25) is 0 Å². The Morgan fingerprint density at radius 1 is 1.10 bits per heavy atom. The van der Waals surface area contributed by atoms with E-state index >= 15 is 0 Å². The molecule has 4 rings (SSSR count). The second-order valence-corrected chi connectivity index (χ2v) is 6.15. The number of benzene rings is 1. The fraction of sp³-hybridized carbons (Fsp3) is 0.471. The van der Waals surface area contributed by atoms with Crippen molar-refractivity contribution in [3.63, 3.8) is 0 Å².